The van der Waals surface area contributed by atoms with Crippen molar-refractivity contribution in [3.8, 4) is 0 Å². The molecule has 0 spiro atoms. The summed E-state index contributed by atoms with van der Waals surface area (Å²) in [5.74, 6) is -0.415. The van der Waals surface area contributed by atoms with E-state index in [4.69, 9.17) is 11.6 Å². The Morgan fingerprint density at radius 2 is 1.93 bits per heavy atom. The van der Waals surface area contributed by atoms with Crippen molar-refractivity contribution in [3.63, 3.8) is 0 Å². The van der Waals surface area contributed by atoms with Gasteiger partial charge in [0.2, 0.25) is 0 Å². The van der Waals surface area contributed by atoms with E-state index in [2.05, 4.69) is 21.2 Å². The number of nitrogens with one attached hydrogen (secondary N) is 1. The van der Waals surface area contributed by atoms with E-state index in [9.17, 15) is 18.0 Å². The molecule has 3 nitrogen and oxygen atoms in total. The smallest absolute Gasteiger partial charge is 0.338 e. The number of aryl methyl sites for hydroxylation is 1. The zero-order valence-electron chi connectivity index (χ0n) is 16.4. The molecule has 1 N–H and O–H groups in total. The van der Waals surface area contributed by atoms with E-state index in [1.165, 1.54) is 6.07 Å². The summed E-state index contributed by atoms with van der Waals surface area (Å²) in [4.78, 5) is 14.6. The van der Waals surface area contributed by atoms with Crippen molar-refractivity contribution >= 4 is 45.8 Å². The van der Waals surface area contributed by atoms with Gasteiger partial charge in [0.25, 0.3) is 5.91 Å². The molecular formula is C21H22BrCl2F3N2O. The van der Waals surface area contributed by atoms with Crippen molar-refractivity contribution in [2.75, 3.05) is 20.1 Å². The number of hydrogen-bond acceptors (Lipinski definition) is 2. The number of amides is 1. The van der Waals surface area contributed by atoms with Crippen LogP contribution in [0.4, 0.5) is 13.2 Å². The molecule has 0 aliphatic carbocycles. The molecule has 1 amide bonds. The van der Waals surface area contributed by atoms with E-state index in [0.29, 0.717) is 18.0 Å². The van der Waals surface area contributed by atoms with E-state index in [1.807, 2.05) is 25.1 Å². The lowest BCUT2D eigenvalue weighted by Crippen LogP contribution is -2.49. The number of carbonyl (C=O) groups is 1. The average Bonchev–Trinajstić information content (AvgIpc) is 2.68. The highest BCUT2D eigenvalue weighted by atomic mass is 79.9. The molecule has 0 aromatic heterocycles. The van der Waals surface area contributed by atoms with Crippen LogP contribution in [0.25, 0.3) is 0 Å². The molecule has 2 aromatic rings. The van der Waals surface area contributed by atoms with Gasteiger partial charge in [0, 0.05) is 40.6 Å². The zero-order chi connectivity index (χ0) is 21.3. The molecule has 1 heterocycles. The maximum atomic E-state index is 13.2. The van der Waals surface area contributed by atoms with Gasteiger partial charge in [-0.3, -0.25) is 4.79 Å². The summed E-state index contributed by atoms with van der Waals surface area (Å²) >= 11 is 9.23. The van der Waals surface area contributed by atoms with Gasteiger partial charge in [0.05, 0.1) is 5.56 Å². The van der Waals surface area contributed by atoms with Crippen LogP contribution in [0.5, 0.6) is 0 Å². The van der Waals surface area contributed by atoms with Gasteiger partial charge in [-0.15, -0.1) is 12.4 Å². The van der Waals surface area contributed by atoms with E-state index in [0.717, 1.165) is 29.8 Å². The SMILES string of the molecule is Cc1cc(C2CNCCC2N(C)C(=O)c2cc(Br)cc(C(F)(F)F)c2)ccc1Cl.Cl. The van der Waals surface area contributed by atoms with Gasteiger partial charge in [-0.25, -0.2) is 0 Å². The molecule has 3 rings (SSSR count). The standard InChI is InChI=1S/C21H21BrClF3N2O.ClH/c1-12-7-13(3-4-18(12)23)17-11-27-6-5-19(17)28(2)20(29)14-8-15(21(24,25)26)10-16(22)9-14;/h3-4,7-10,17,19,27H,5-6,11H2,1-2H3;1H. The average molecular weight is 526 g/mol. The fourth-order valence-electron chi connectivity index (χ4n) is 3.78. The first-order valence-corrected chi connectivity index (χ1v) is 10.4. The lowest BCUT2D eigenvalue weighted by Gasteiger charge is -2.39. The molecule has 2 atom stereocenters. The summed E-state index contributed by atoms with van der Waals surface area (Å²) in [6, 6.07) is 8.95. The third kappa shape index (κ3) is 5.49. The van der Waals surface area contributed by atoms with Gasteiger partial charge in [-0.05, 0) is 55.3 Å². The Balaban J connectivity index is 0.00000320. The van der Waals surface area contributed by atoms with Crippen LogP contribution in [0, 0.1) is 6.92 Å². The number of hydrogen-bond donors (Lipinski definition) is 1. The summed E-state index contributed by atoms with van der Waals surface area (Å²) in [6.07, 6.45) is -3.82. The second kappa shape index (κ2) is 9.90. The first kappa shape index (κ1) is 25.0. The molecule has 30 heavy (non-hydrogen) atoms. The summed E-state index contributed by atoms with van der Waals surface area (Å²) in [5.41, 5.74) is 1.16. The molecule has 1 aliphatic heterocycles. The Kier molecular flexibility index (Phi) is 8.24. The second-order valence-corrected chi connectivity index (χ2v) is 8.64. The first-order valence-electron chi connectivity index (χ1n) is 9.19. The normalized spacial score (nSPS) is 19.2. The summed E-state index contributed by atoms with van der Waals surface area (Å²) in [6.45, 7) is 3.33. The fraction of sp³-hybridized carbons (Fsp3) is 0.381. The Morgan fingerprint density at radius 3 is 2.57 bits per heavy atom. The van der Waals surface area contributed by atoms with Crippen LogP contribution in [-0.2, 0) is 6.18 Å². The Hall–Kier alpha value is -1.28. The monoisotopic (exact) mass is 524 g/mol. The van der Waals surface area contributed by atoms with Gasteiger partial charge < -0.3 is 10.2 Å². The van der Waals surface area contributed by atoms with Crippen LogP contribution < -0.4 is 5.32 Å². The van der Waals surface area contributed by atoms with Crippen LogP contribution in [0.2, 0.25) is 5.02 Å². The molecule has 1 saturated heterocycles. The van der Waals surface area contributed by atoms with E-state index in [1.54, 1.807) is 11.9 Å². The minimum atomic E-state index is -4.52. The molecule has 2 unspecified atom stereocenters. The highest BCUT2D eigenvalue weighted by molar-refractivity contribution is 9.10. The largest absolute Gasteiger partial charge is 0.416 e. The Bertz CT molecular complexity index is 924. The highest BCUT2D eigenvalue weighted by Crippen LogP contribution is 2.34. The van der Waals surface area contributed by atoms with E-state index >= 15 is 0 Å². The van der Waals surface area contributed by atoms with E-state index < -0.39 is 17.6 Å². The summed E-state index contributed by atoms with van der Waals surface area (Å²) < 4.78 is 39.7. The van der Waals surface area contributed by atoms with Gasteiger partial charge in [0.1, 0.15) is 0 Å². The number of alkyl halides is 3. The lowest BCUT2D eigenvalue weighted by atomic mass is 9.85. The number of nitrogens with zero attached hydrogens (tertiary/aromatic N) is 1. The maximum Gasteiger partial charge on any atom is 0.416 e. The van der Waals surface area contributed by atoms with Crippen molar-refractivity contribution in [2.45, 2.75) is 31.5 Å². The first-order chi connectivity index (χ1) is 13.6. The predicted molar refractivity (Wildman–Crippen MR) is 119 cm³/mol. The molecule has 1 aliphatic rings. The number of carbonyl (C=O) groups excluding carboxylic acids is 1. The maximum absolute atomic E-state index is 13.2. The molecule has 0 saturated carbocycles. The fourth-order valence-corrected chi connectivity index (χ4v) is 4.39. The topological polar surface area (TPSA) is 32.3 Å². The van der Waals surface area contributed by atoms with Crippen LogP contribution in [0.1, 0.15) is 39.4 Å². The third-order valence-electron chi connectivity index (χ3n) is 5.35. The molecule has 164 valence electrons. The van der Waals surface area contributed by atoms with Crippen molar-refractivity contribution in [2.24, 2.45) is 0 Å². The van der Waals surface area contributed by atoms with Crippen LogP contribution >= 0.6 is 39.9 Å². The van der Waals surface area contributed by atoms with Crippen molar-refractivity contribution < 1.29 is 18.0 Å². The summed E-state index contributed by atoms with van der Waals surface area (Å²) in [5, 5.41) is 4.02. The summed E-state index contributed by atoms with van der Waals surface area (Å²) in [7, 11) is 1.66. The van der Waals surface area contributed by atoms with Gasteiger partial charge in [0.15, 0.2) is 0 Å². The van der Waals surface area contributed by atoms with Crippen molar-refractivity contribution in [1.29, 1.82) is 0 Å². The quantitative estimate of drug-likeness (QED) is 0.527. The van der Waals surface area contributed by atoms with Crippen molar-refractivity contribution in [3.05, 3.63) is 68.1 Å². The zero-order valence-corrected chi connectivity index (χ0v) is 19.6. The molecule has 0 bridgehead atoms. The van der Waals surface area contributed by atoms with Crippen LogP contribution in [0.15, 0.2) is 40.9 Å². The number of halogens is 6. The Labute approximate surface area is 193 Å². The van der Waals surface area contributed by atoms with E-state index in [-0.39, 0.29) is 34.4 Å². The third-order valence-corrected chi connectivity index (χ3v) is 6.23. The van der Waals surface area contributed by atoms with Crippen LogP contribution in [0.3, 0.4) is 0 Å². The second-order valence-electron chi connectivity index (χ2n) is 7.32. The molecule has 0 radical (unpaired) electrons. The van der Waals surface area contributed by atoms with Gasteiger partial charge >= 0.3 is 6.18 Å². The Morgan fingerprint density at radius 1 is 1.23 bits per heavy atom. The number of benzene rings is 2. The molecular weight excluding hydrogens is 504 g/mol. The molecule has 9 heteroatoms. The number of rotatable bonds is 3. The van der Waals surface area contributed by atoms with Gasteiger partial charge in [-0.1, -0.05) is 39.7 Å². The number of piperidine rings is 1. The lowest BCUT2D eigenvalue weighted by molar-refractivity contribution is -0.137. The minimum Gasteiger partial charge on any atom is -0.338 e. The minimum absolute atomic E-state index is 0. The highest BCUT2D eigenvalue weighted by Gasteiger charge is 2.35. The van der Waals surface area contributed by atoms with Crippen molar-refractivity contribution in [1.82, 2.24) is 10.2 Å². The van der Waals surface area contributed by atoms with Crippen LogP contribution in [-0.4, -0.2) is 37.0 Å². The number of likely N-dealkylation sites (N-methyl/N-ethyl adjacent to an activating group) is 1. The molecule has 2 aromatic carbocycles. The predicted octanol–water partition coefficient (Wildman–Crippen LogP) is 6.07. The molecule has 1 fully saturated rings. The van der Waals surface area contributed by atoms with Gasteiger partial charge in [-0.2, -0.15) is 13.2 Å².